The first-order valence-electron chi connectivity index (χ1n) is 6.55. The molecule has 1 heterocycles. The molecular formula is C15H22BrNO. The molecule has 0 saturated carbocycles. The second-order valence-electron chi connectivity index (χ2n) is 6.05. The molecular weight excluding hydrogens is 290 g/mol. The molecule has 3 heteroatoms. The van der Waals surface area contributed by atoms with Crippen molar-refractivity contribution in [2.24, 2.45) is 5.92 Å². The first-order valence-corrected chi connectivity index (χ1v) is 6.55. The Kier molecular flexibility index (Phi) is 3.50. The van der Waals surface area contributed by atoms with Crippen LogP contribution in [0.15, 0.2) is 18.2 Å². The molecule has 1 fully saturated rings. The number of likely N-dealkylation sites (N-methyl/N-ethyl adjacent to an activating group) is 1. The molecule has 1 N–H and O–H groups in total. The first kappa shape index (κ1) is 13.9. The molecule has 1 aromatic rings. The molecule has 3 atom stereocenters. The maximum atomic E-state index is 9.73. The molecule has 3 rings (SSSR count). The van der Waals surface area contributed by atoms with E-state index in [0.29, 0.717) is 17.7 Å². The van der Waals surface area contributed by atoms with Crippen molar-refractivity contribution in [1.29, 1.82) is 0 Å². The van der Waals surface area contributed by atoms with Crippen LogP contribution in [0.5, 0.6) is 5.75 Å². The van der Waals surface area contributed by atoms with Crippen LogP contribution >= 0.6 is 17.0 Å². The summed E-state index contributed by atoms with van der Waals surface area (Å²) in [5.74, 6) is 1.07. The normalized spacial score (nSPS) is 34.6. The number of benzene rings is 1. The molecule has 1 aliphatic carbocycles. The lowest BCUT2D eigenvalue weighted by atomic mass is 9.59. The monoisotopic (exact) mass is 311 g/mol. The van der Waals surface area contributed by atoms with Crippen LogP contribution in [0.1, 0.15) is 31.4 Å². The Hall–Kier alpha value is -0.540. The van der Waals surface area contributed by atoms with Crippen molar-refractivity contribution >= 4 is 17.0 Å². The van der Waals surface area contributed by atoms with E-state index in [2.05, 4.69) is 31.9 Å². The van der Waals surface area contributed by atoms with Crippen LogP contribution in [-0.2, 0) is 11.8 Å². The highest BCUT2D eigenvalue weighted by Crippen LogP contribution is 2.48. The Bertz CT molecular complexity index is 462. The molecule has 18 heavy (non-hydrogen) atoms. The van der Waals surface area contributed by atoms with Crippen LogP contribution < -0.4 is 0 Å². The van der Waals surface area contributed by atoms with E-state index in [-0.39, 0.29) is 22.4 Å². The predicted octanol–water partition coefficient (Wildman–Crippen LogP) is 3.12. The van der Waals surface area contributed by atoms with Gasteiger partial charge in [-0.3, -0.25) is 0 Å². The summed E-state index contributed by atoms with van der Waals surface area (Å²) in [4.78, 5) is 2.50. The average molecular weight is 312 g/mol. The topological polar surface area (TPSA) is 23.5 Å². The fourth-order valence-corrected chi connectivity index (χ4v) is 3.82. The highest BCUT2D eigenvalue weighted by molar-refractivity contribution is 8.93. The van der Waals surface area contributed by atoms with Crippen molar-refractivity contribution in [2.75, 3.05) is 13.6 Å². The number of halogens is 1. The second kappa shape index (κ2) is 4.53. The van der Waals surface area contributed by atoms with Gasteiger partial charge < -0.3 is 10.0 Å². The Morgan fingerprint density at radius 1 is 1.39 bits per heavy atom. The van der Waals surface area contributed by atoms with Crippen molar-refractivity contribution in [2.45, 2.75) is 38.1 Å². The zero-order valence-corrected chi connectivity index (χ0v) is 13.0. The van der Waals surface area contributed by atoms with E-state index >= 15 is 0 Å². The summed E-state index contributed by atoms with van der Waals surface area (Å²) in [5, 5.41) is 9.73. The quantitative estimate of drug-likeness (QED) is 0.795. The Morgan fingerprint density at radius 3 is 2.83 bits per heavy atom. The van der Waals surface area contributed by atoms with Gasteiger partial charge in [0.25, 0.3) is 0 Å². The number of aromatic hydroxyl groups is 1. The molecule has 100 valence electrons. The second-order valence-corrected chi connectivity index (χ2v) is 6.05. The summed E-state index contributed by atoms with van der Waals surface area (Å²) in [6.07, 6.45) is 2.32. The van der Waals surface area contributed by atoms with E-state index in [1.165, 1.54) is 24.1 Å². The highest BCUT2D eigenvalue weighted by atomic mass is 79.9. The van der Waals surface area contributed by atoms with Gasteiger partial charge in [0, 0.05) is 6.04 Å². The highest BCUT2D eigenvalue weighted by Gasteiger charge is 2.47. The number of piperidine rings is 1. The molecule has 0 radical (unpaired) electrons. The van der Waals surface area contributed by atoms with Gasteiger partial charge >= 0.3 is 0 Å². The van der Waals surface area contributed by atoms with E-state index in [4.69, 9.17) is 0 Å². The van der Waals surface area contributed by atoms with Crippen molar-refractivity contribution < 1.29 is 5.11 Å². The Labute approximate surface area is 120 Å². The number of phenolic OH excluding ortho intramolecular Hbond substituents is 1. The fraction of sp³-hybridized carbons (Fsp3) is 0.600. The molecule has 2 aliphatic rings. The smallest absolute Gasteiger partial charge is 0.115 e. The number of fused-ring (bicyclic) bond motifs is 4. The van der Waals surface area contributed by atoms with E-state index < -0.39 is 0 Å². The summed E-state index contributed by atoms with van der Waals surface area (Å²) in [5.41, 5.74) is 3.05. The average Bonchev–Trinajstić information content (AvgIpc) is 2.30. The van der Waals surface area contributed by atoms with Gasteiger partial charge in [0.1, 0.15) is 5.75 Å². The van der Waals surface area contributed by atoms with Crippen LogP contribution in [-0.4, -0.2) is 29.6 Å². The van der Waals surface area contributed by atoms with Gasteiger partial charge in [-0.05, 0) is 61.0 Å². The van der Waals surface area contributed by atoms with Crippen LogP contribution in [0.4, 0.5) is 0 Å². The van der Waals surface area contributed by atoms with Gasteiger partial charge in [-0.25, -0.2) is 0 Å². The summed E-state index contributed by atoms with van der Waals surface area (Å²) in [6.45, 7) is 5.91. The zero-order chi connectivity index (χ0) is 12.2. The number of nitrogens with zero attached hydrogens (tertiary/aromatic N) is 1. The fourth-order valence-electron chi connectivity index (χ4n) is 3.82. The third-order valence-electron chi connectivity index (χ3n) is 5.27. The van der Waals surface area contributed by atoms with Crippen molar-refractivity contribution in [1.82, 2.24) is 4.90 Å². The summed E-state index contributed by atoms with van der Waals surface area (Å²) in [6, 6.07) is 6.59. The lowest BCUT2D eigenvalue weighted by molar-refractivity contribution is 0.0506. The van der Waals surface area contributed by atoms with Gasteiger partial charge in [0.2, 0.25) is 0 Å². The number of hydrogen-bond donors (Lipinski definition) is 1. The van der Waals surface area contributed by atoms with E-state index in [0.717, 1.165) is 6.42 Å². The van der Waals surface area contributed by atoms with Crippen LogP contribution in [0, 0.1) is 5.92 Å². The van der Waals surface area contributed by atoms with Crippen LogP contribution in [0.2, 0.25) is 0 Å². The zero-order valence-electron chi connectivity index (χ0n) is 11.3. The molecule has 1 aliphatic heterocycles. The van der Waals surface area contributed by atoms with E-state index in [1.54, 1.807) is 0 Å². The number of rotatable bonds is 0. The largest absolute Gasteiger partial charge is 0.508 e. The molecule has 2 bridgehead atoms. The first-order chi connectivity index (χ1) is 8.02. The molecule has 0 spiro atoms. The van der Waals surface area contributed by atoms with Gasteiger partial charge in [-0.1, -0.05) is 19.9 Å². The van der Waals surface area contributed by atoms with Crippen molar-refractivity contribution in [3.63, 3.8) is 0 Å². The SMILES string of the molecule is Br.CC1C2Cc3ccc(O)cc3C1(C)CCN2C. The summed E-state index contributed by atoms with van der Waals surface area (Å²) >= 11 is 0. The molecule has 1 aromatic carbocycles. The molecule has 1 saturated heterocycles. The lowest BCUT2D eigenvalue weighted by Gasteiger charge is -2.53. The van der Waals surface area contributed by atoms with Crippen LogP contribution in [0.25, 0.3) is 0 Å². The minimum absolute atomic E-state index is 0. The van der Waals surface area contributed by atoms with Crippen molar-refractivity contribution in [3.8, 4) is 5.75 Å². The lowest BCUT2D eigenvalue weighted by Crippen LogP contribution is -2.56. The number of likely N-dealkylation sites (tertiary alicyclic amines) is 1. The molecule has 3 unspecified atom stereocenters. The van der Waals surface area contributed by atoms with Gasteiger partial charge in [-0.15, -0.1) is 17.0 Å². The Morgan fingerprint density at radius 2 is 2.11 bits per heavy atom. The third-order valence-corrected chi connectivity index (χ3v) is 5.27. The standard InChI is InChI=1S/C15H21NO.BrH/c1-10-14-8-11-4-5-12(17)9-13(11)15(10,2)6-7-16(14)3;/h4-5,9-10,14,17H,6-8H2,1-3H3;1H. The van der Waals surface area contributed by atoms with Gasteiger partial charge in [0.15, 0.2) is 0 Å². The molecule has 0 amide bonds. The molecule has 0 aromatic heterocycles. The molecule has 2 nitrogen and oxygen atoms in total. The van der Waals surface area contributed by atoms with Gasteiger partial charge in [-0.2, -0.15) is 0 Å². The van der Waals surface area contributed by atoms with E-state index in [9.17, 15) is 5.11 Å². The maximum Gasteiger partial charge on any atom is 0.115 e. The summed E-state index contributed by atoms with van der Waals surface area (Å²) < 4.78 is 0. The van der Waals surface area contributed by atoms with E-state index in [1.807, 2.05) is 12.1 Å². The predicted molar refractivity (Wildman–Crippen MR) is 79.7 cm³/mol. The summed E-state index contributed by atoms with van der Waals surface area (Å²) in [7, 11) is 2.24. The maximum absolute atomic E-state index is 9.73. The van der Waals surface area contributed by atoms with Crippen LogP contribution in [0.3, 0.4) is 0 Å². The Balaban J connectivity index is 0.00000120. The minimum atomic E-state index is 0. The third kappa shape index (κ3) is 1.79. The van der Waals surface area contributed by atoms with Crippen molar-refractivity contribution in [3.05, 3.63) is 29.3 Å². The number of phenols is 1. The number of hydrogen-bond acceptors (Lipinski definition) is 2. The minimum Gasteiger partial charge on any atom is -0.508 e. The van der Waals surface area contributed by atoms with Gasteiger partial charge in [0.05, 0.1) is 0 Å².